The van der Waals surface area contributed by atoms with Crippen molar-refractivity contribution in [3.05, 3.63) is 94.5 Å². The molecule has 3 aromatic rings. The highest BCUT2D eigenvalue weighted by Gasteiger charge is 2.29. The van der Waals surface area contributed by atoms with Gasteiger partial charge in [-0.05, 0) is 34.4 Å². The van der Waals surface area contributed by atoms with Gasteiger partial charge in [0.15, 0.2) is 0 Å². The highest BCUT2D eigenvalue weighted by atomic mass is 79.9. The van der Waals surface area contributed by atoms with Gasteiger partial charge in [-0.2, -0.15) is 0 Å². The lowest BCUT2D eigenvalue weighted by atomic mass is 9.88. The van der Waals surface area contributed by atoms with Crippen molar-refractivity contribution in [3.63, 3.8) is 0 Å². The average Bonchev–Trinajstić information content (AvgIpc) is 2.63. The number of aliphatic carboxylic acids is 1. The van der Waals surface area contributed by atoms with Gasteiger partial charge in [-0.25, -0.2) is 0 Å². The van der Waals surface area contributed by atoms with Crippen LogP contribution in [0.2, 0.25) is 0 Å². The molecule has 0 amide bonds. The van der Waals surface area contributed by atoms with Crippen molar-refractivity contribution in [2.45, 2.75) is 12.0 Å². The maximum Gasteiger partial charge on any atom is 0.314 e. The van der Waals surface area contributed by atoms with Crippen LogP contribution in [0.4, 0.5) is 0 Å². The van der Waals surface area contributed by atoms with Gasteiger partial charge in [0.05, 0.1) is 6.10 Å². The molecule has 2 N–H and O–H groups in total. The maximum atomic E-state index is 11.8. The van der Waals surface area contributed by atoms with E-state index in [1.54, 1.807) is 36.4 Å². The van der Waals surface area contributed by atoms with E-state index in [-0.39, 0.29) is 0 Å². The van der Waals surface area contributed by atoms with Gasteiger partial charge in [-0.15, -0.1) is 0 Å². The van der Waals surface area contributed by atoms with Crippen LogP contribution < -0.4 is 0 Å². The summed E-state index contributed by atoms with van der Waals surface area (Å²) in [6.07, 6.45) is -1.12. The van der Waals surface area contributed by atoms with Crippen molar-refractivity contribution in [1.29, 1.82) is 0 Å². The van der Waals surface area contributed by atoms with Crippen molar-refractivity contribution in [2.24, 2.45) is 0 Å². The van der Waals surface area contributed by atoms with Gasteiger partial charge in [0.1, 0.15) is 5.92 Å². The van der Waals surface area contributed by atoms with Crippen LogP contribution >= 0.6 is 15.9 Å². The van der Waals surface area contributed by atoms with Crippen LogP contribution in [0, 0.1) is 0 Å². The number of rotatable bonds is 5. The molecule has 0 spiro atoms. The molecular weight excluding hydrogens is 380 g/mol. The highest BCUT2D eigenvalue weighted by Crippen LogP contribution is 2.33. The number of hydrogen-bond donors (Lipinski definition) is 2. The molecule has 3 aromatic carbocycles. The number of carbonyl (C=O) groups is 1. The molecule has 0 saturated carbocycles. The summed E-state index contributed by atoms with van der Waals surface area (Å²) in [6.45, 7) is 0. The van der Waals surface area contributed by atoms with Gasteiger partial charge in [0.25, 0.3) is 0 Å². The number of aliphatic hydroxyl groups excluding tert-OH is 1. The molecule has 2 unspecified atom stereocenters. The van der Waals surface area contributed by atoms with Crippen LogP contribution in [0.3, 0.4) is 0 Å². The smallest absolute Gasteiger partial charge is 0.314 e. The summed E-state index contributed by atoms with van der Waals surface area (Å²) in [5.74, 6) is -2.08. The molecule has 3 nitrogen and oxygen atoms in total. The van der Waals surface area contributed by atoms with E-state index in [9.17, 15) is 15.0 Å². The van der Waals surface area contributed by atoms with E-state index in [0.29, 0.717) is 11.1 Å². The molecule has 0 saturated heterocycles. The standard InChI is InChI=1S/C21H17BrO3/c22-18-12-10-17(11-13-18)20(23)19(21(24)25)16-8-6-15(7-9-16)14-4-2-1-3-5-14/h1-13,19-20,23H,(H,24,25). The number of carboxylic acids is 1. The van der Waals surface area contributed by atoms with E-state index in [2.05, 4.69) is 15.9 Å². The Hall–Kier alpha value is -2.43. The summed E-state index contributed by atoms with van der Waals surface area (Å²) in [4.78, 5) is 11.8. The number of benzene rings is 3. The Morgan fingerprint density at radius 1 is 0.760 bits per heavy atom. The van der Waals surface area contributed by atoms with Gasteiger partial charge in [-0.1, -0.05) is 82.7 Å². The minimum absolute atomic E-state index is 0.572. The first-order valence-corrected chi connectivity index (χ1v) is 8.67. The molecule has 0 fully saturated rings. The summed E-state index contributed by atoms with van der Waals surface area (Å²) < 4.78 is 0.877. The van der Waals surface area contributed by atoms with Crippen LogP contribution in [0.1, 0.15) is 23.1 Å². The number of aliphatic hydroxyl groups is 1. The number of halogens is 1. The molecule has 0 bridgehead atoms. The Morgan fingerprint density at radius 3 is 1.84 bits per heavy atom. The lowest BCUT2D eigenvalue weighted by molar-refractivity contribution is -0.141. The summed E-state index contributed by atoms with van der Waals surface area (Å²) in [6, 6.07) is 24.2. The Bertz CT molecular complexity index is 843. The fraction of sp³-hybridized carbons (Fsp3) is 0.0952. The van der Waals surface area contributed by atoms with Crippen LogP contribution in [-0.2, 0) is 4.79 Å². The molecule has 126 valence electrons. The first-order chi connectivity index (χ1) is 12.1. The molecule has 4 heteroatoms. The van der Waals surface area contributed by atoms with E-state index in [1.165, 1.54) is 0 Å². The first kappa shape index (κ1) is 17.4. The molecule has 25 heavy (non-hydrogen) atoms. The van der Waals surface area contributed by atoms with Gasteiger partial charge in [0, 0.05) is 4.47 Å². The summed E-state index contributed by atoms with van der Waals surface area (Å²) >= 11 is 3.34. The second-order valence-corrected chi connectivity index (χ2v) is 6.72. The average molecular weight is 397 g/mol. The minimum Gasteiger partial charge on any atom is -0.481 e. The molecular formula is C21H17BrO3. The second-order valence-electron chi connectivity index (χ2n) is 5.80. The quantitative estimate of drug-likeness (QED) is 0.636. The zero-order chi connectivity index (χ0) is 17.8. The molecule has 0 aliphatic rings. The third-order valence-corrected chi connectivity index (χ3v) is 4.70. The molecule has 0 heterocycles. The molecule has 0 radical (unpaired) electrons. The van der Waals surface area contributed by atoms with E-state index in [0.717, 1.165) is 15.6 Å². The van der Waals surface area contributed by atoms with Crippen LogP contribution in [-0.4, -0.2) is 16.2 Å². The lowest BCUT2D eigenvalue weighted by Crippen LogP contribution is -2.20. The van der Waals surface area contributed by atoms with Gasteiger partial charge in [0.2, 0.25) is 0 Å². The molecule has 0 aromatic heterocycles. The Balaban J connectivity index is 1.90. The zero-order valence-electron chi connectivity index (χ0n) is 13.3. The van der Waals surface area contributed by atoms with Crippen molar-refractivity contribution >= 4 is 21.9 Å². The van der Waals surface area contributed by atoms with Gasteiger partial charge in [-0.3, -0.25) is 4.79 Å². The number of carboxylic acid groups (broad SMARTS) is 1. The number of hydrogen-bond acceptors (Lipinski definition) is 2. The Kier molecular flexibility index (Phi) is 5.31. The second kappa shape index (κ2) is 7.64. The normalized spacial score (nSPS) is 13.2. The SMILES string of the molecule is O=C(O)C(c1ccc(-c2ccccc2)cc1)C(O)c1ccc(Br)cc1. The molecule has 3 rings (SSSR count). The summed E-state index contributed by atoms with van der Waals surface area (Å²) in [5, 5.41) is 20.2. The first-order valence-electron chi connectivity index (χ1n) is 7.88. The highest BCUT2D eigenvalue weighted by molar-refractivity contribution is 9.10. The van der Waals surface area contributed by atoms with Crippen LogP contribution in [0.15, 0.2) is 83.3 Å². The largest absolute Gasteiger partial charge is 0.481 e. The third-order valence-electron chi connectivity index (χ3n) is 4.17. The summed E-state index contributed by atoms with van der Waals surface area (Å²) in [7, 11) is 0. The predicted octanol–water partition coefficient (Wildman–Crippen LogP) is 5.02. The molecule has 0 aliphatic heterocycles. The topological polar surface area (TPSA) is 57.5 Å². The van der Waals surface area contributed by atoms with E-state index < -0.39 is 18.0 Å². The zero-order valence-corrected chi connectivity index (χ0v) is 14.9. The minimum atomic E-state index is -1.12. The van der Waals surface area contributed by atoms with Crippen molar-refractivity contribution in [3.8, 4) is 11.1 Å². The van der Waals surface area contributed by atoms with Crippen LogP contribution in [0.25, 0.3) is 11.1 Å². The van der Waals surface area contributed by atoms with Crippen molar-refractivity contribution < 1.29 is 15.0 Å². The summed E-state index contributed by atoms with van der Waals surface area (Å²) in [5.41, 5.74) is 3.21. The van der Waals surface area contributed by atoms with Crippen molar-refractivity contribution in [2.75, 3.05) is 0 Å². The molecule has 2 atom stereocenters. The van der Waals surface area contributed by atoms with E-state index in [1.807, 2.05) is 42.5 Å². The fourth-order valence-corrected chi connectivity index (χ4v) is 3.09. The van der Waals surface area contributed by atoms with Crippen LogP contribution in [0.5, 0.6) is 0 Å². The van der Waals surface area contributed by atoms with Gasteiger partial charge < -0.3 is 10.2 Å². The fourth-order valence-electron chi connectivity index (χ4n) is 2.83. The predicted molar refractivity (Wildman–Crippen MR) is 101 cm³/mol. The van der Waals surface area contributed by atoms with E-state index in [4.69, 9.17) is 0 Å². The van der Waals surface area contributed by atoms with Crippen molar-refractivity contribution in [1.82, 2.24) is 0 Å². The van der Waals surface area contributed by atoms with E-state index >= 15 is 0 Å². The molecule has 0 aliphatic carbocycles. The third kappa shape index (κ3) is 3.98. The Labute approximate surface area is 154 Å². The Morgan fingerprint density at radius 2 is 1.28 bits per heavy atom. The van der Waals surface area contributed by atoms with Gasteiger partial charge >= 0.3 is 5.97 Å². The monoisotopic (exact) mass is 396 g/mol. The lowest BCUT2D eigenvalue weighted by Gasteiger charge is -2.20. The maximum absolute atomic E-state index is 11.8.